The van der Waals surface area contributed by atoms with Crippen LogP contribution in [0.25, 0.3) is 0 Å². The summed E-state index contributed by atoms with van der Waals surface area (Å²) in [6.07, 6.45) is -4.52. The van der Waals surface area contributed by atoms with Gasteiger partial charge >= 0.3 is 12.2 Å². The summed E-state index contributed by atoms with van der Waals surface area (Å²) in [4.78, 5) is 11.6. The number of rotatable bonds is 3. The number of nitrogens with one attached hydrogen (secondary N) is 2. The molecule has 2 aromatic carbocycles. The zero-order valence-electron chi connectivity index (χ0n) is 12.0. The summed E-state index contributed by atoms with van der Waals surface area (Å²) in [5.41, 5.74) is -0.687. The molecule has 0 saturated heterocycles. The van der Waals surface area contributed by atoms with Crippen molar-refractivity contribution in [2.75, 3.05) is 10.6 Å². The van der Waals surface area contributed by atoms with E-state index < -0.39 is 27.8 Å². The second-order valence-electron chi connectivity index (χ2n) is 4.73. The highest BCUT2D eigenvalue weighted by Crippen LogP contribution is 2.30. The molecule has 2 amide bonds. The molecule has 0 aliphatic carbocycles. The van der Waals surface area contributed by atoms with Crippen LogP contribution in [0.1, 0.15) is 5.56 Å². The van der Waals surface area contributed by atoms with E-state index >= 15 is 0 Å². The van der Waals surface area contributed by atoms with Crippen LogP contribution in [0.3, 0.4) is 0 Å². The van der Waals surface area contributed by atoms with Gasteiger partial charge in [0.05, 0.1) is 10.5 Å². The lowest BCUT2D eigenvalue weighted by atomic mass is 10.2. The Morgan fingerprint density at radius 3 is 2.08 bits per heavy atom. The van der Waals surface area contributed by atoms with Crippen molar-refractivity contribution in [3.63, 3.8) is 0 Å². The van der Waals surface area contributed by atoms with Gasteiger partial charge in [-0.2, -0.15) is 13.2 Å². The Kier molecular flexibility index (Phi) is 4.81. The first-order chi connectivity index (χ1) is 11.1. The van der Waals surface area contributed by atoms with Crippen LogP contribution >= 0.6 is 0 Å². The van der Waals surface area contributed by atoms with Gasteiger partial charge in [-0.3, -0.25) is 0 Å². The second kappa shape index (κ2) is 6.49. The van der Waals surface area contributed by atoms with Crippen molar-refractivity contribution < 1.29 is 26.4 Å². The molecule has 4 N–H and O–H groups in total. The maximum Gasteiger partial charge on any atom is 0.416 e. The smallest absolute Gasteiger partial charge is 0.308 e. The highest BCUT2D eigenvalue weighted by molar-refractivity contribution is 7.89. The van der Waals surface area contributed by atoms with Gasteiger partial charge in [-0.05, 0) is 42.5 Å². The van der Waals surface area contributed by atoms with Crippen molar-refractivity contribution in [1.29, 1.82) is 0 Å². The average Bonchev–Trinajstić information content (AvgIpc) is 2.46. The number of anilines is 2. The molecule has 0 heterocycles. The standard InChI is InChI=1S/C14H12F3N3O3S/c15-14(16,17)9-2-1-3-11(8-9)20-13(21)19-10-4-6-12(7-5-10)24(18,22)23/h1-8H,(H2,18,22,23)(H2,19,20,21). The molecule has 10 heteroatoms. The molecule has 0 aliphatic rings. The van der Waals surface area contributed by atoms with E-state index in [1.54, 1.807) is 0 Å². The number of carbonyl (C=O) groups is 1. The predicted octanol–water partition coefficient (Wildman–Crippen LogP) is 3.00. The molecule has 0 spiro atoms. The zero-order chi connectivity index (χ0) is 18.0. The number of amides is 2. The van der Waals surface area contributed by atoms with Crippen molar-refractivity contribution in [3.8, 4) is 0 Å². The first kappa shape index (κ1) is 17.8. The Bertz CT molecular complexity index is 850. The molecule has 0 aromatic heterocycles. The van der Waals surface area contributed by atoms with E-state index in [1.807, 2.05) is 0 Å². The second-order valence-corrected chi connectivity index (χ2v) is 6.29. The molecule has 24 heavy (non-hydrogen) atoms. The first-order valence-corrected chi connectivity index (χ1v) is 7.98. The average molecular weight is 359 g/mol. The number of primary sulfonamides is 1. The predicted molar refractivity (Wildman–Crippen MR) is 81.9 cm³/mol. The topological polar surface area (TPSA) is 101 Å². The van der Waals surface area contributed by atoms with Gasteiger partial charge in [-0.15, -0.1) is 0 Å². The minimum Gasteiger partial charge on any atom is -0.308 e. The number of benzene rings is 2. The van der Waals surface area contributed by atoms with Gasteiger partial charge in [-0.1, -0.05) is 6.07 Å². The molecule has 6 nitrogen and oxygen atoms in total. The molecule has 0 unspecified atom stereocenters. The first-order valence-electron chi connectivity index (χ1n) is 6.44. The maximum absolute atomic E-state index is 12.6. The van der Waals surface area contributed by atoms with E-state index in [9.17, 15) is 26.4 Å². The van der Waals surface area contributed by atoms with E-state index in [-0.39, 0.29) is 16.3 Å². The highest BCUT2D eigenvalue weighted by atomic mass is 32.2. The van der Waals surface area contributed by atoms with E-state index in [1.165, 1.54) is 36.4 Å². The number of urea groups is 1. The molecular formula is C14H12F3N3O3S. The normalized spacial score (nSPS) is 11.8. The third-order valence-electron chi connectivity index (χ3n) is 2.89. The molecule has 2 aromatic rings. The molecule has 0 aliphatic heterocycles. The summed E-state index contributed by atoms with van der Waals surface area (Å²) < 4.78 is 60.0. The van der Waals surface area contributed by atoms with Crippen LogP contribution in [0, 0.1) is 0 Å². The quantitative estimate of drug-likeness (QED) is 0.785. The monoisotopic (exact) mass is 359 g/mol. The molecule has 2 rings (SSSR count). The van der Waals surface area contributed by atoms with Gasteiger partial charge in [0.1, 0.15) is 0 Å². The van der Waals surface area contributed by atoms with Gasteiger partial charge in [0.25, 0.3) is 0 Å². The van der Waals surface area contributed by atoms with Crippen LogP contribution in [0.4, 0.5) is 29.3 Å². The lowest BCUT2D eigenvalue weighted by Crippen LogP contribution is -2.20. The minimum atomic E-state index is -4.52. The fraction of sp³-hybridized carbons (Fsp3) is 0.0714. The van der Waals surface area contributed by atoms with E-state index in [4.69, 9.17) is 5.14 Å². The lowest BCUT2D eigenvalue weighted by molar-refractivity contribution is -0.137. The Hall–Kier alpha value is -2.59. The number of halogens is 3. The molecule has 0 radical (unpaired) electrons. The number of alkyl halides is 3. The summed E-state index contributed by atoms with van der Waals surface area (Å²) in [6.45, 7) is 0. The van der Waals surface area contributed by atoms with Crippen molar-refractivity contribution >= 4 is 27.4 Å². The van der Waals surface area contributed by atoms with Crippen LogP contribution in [0.2, 0.25) is 0 Å². The number of nitrogens with two attached hydrogens (primary N) is 1. The van der Waals surface area contributed by atoms with E-state index in [0.717, 1.165) is 12.1 Å². The summed E-state index contributed by atoms with van der Waals surface area (Å²) in [5, 5.41) is 9.56. The fourth-order valence-corrected chi connectivity index (χ4v) is 2.31. The van der Waals surface area contributed by atoms with Crippen LogP contribution in [-0.4, -0.2) is 14.4 Å². The fourth-order valence-electron chi connectivity index (χ4n) is 1.79. The number of hydrogen-bond acceptors (Lipinski definition) is 3. The van der Waals surface area contributed by atoms with E-state index in [0.29, 0.717) is 0 Å². The zero-order valence-corrected chi connectivity index (χ0v) is 12.8. The summed E-state index contributed by atoms with van der Waals surface area (Å²) in [6, 6.07) is 8.34. The maximum atomic E-state index is 12.6. The molecule has 128 valence electrons. The largest absolute Gasteiger partial charge is 0.416 e. The van der Waals surface area contributed by atoms with Gasteiger partial charge in [-0.25, -0.2) is 18.4 Å². The molecule has 0 fully saturated rings. The van der Waals surface area contributed by atoms with Gasteiger partial charge in [0, 0.05) is 11.4 Å². The SMILES string of the molecule is NS(=O)(=O)c1ccc(NC(=O)Nc2cccc(C(F)(F)F)c2)cc1. The number of hydrogen-bond donors (Lipinski definition) is 3. The van der Waals surface area contributed by atoms with Gasteiger partial charge in [0.2, 0.25) is 10.0 Å². The van der Waals surface area contributed by atoms with Crippen molar-refractivity contribution in [3.05, 3.63) is 54.1 Å². The minimum absolute atomic E-state index is 0.0384. The molecule has 0 bridgehead atoms. The van der Waals surface area contributed by atoms with Crippen molar-refractivity contribution in [2.24, 2.45) is 5.14 Å². The van der Waals surface area contributed by atoms with Crippen LogP contribution in [0.15, 0.2) is 53.4 Å². The van der Waals surface area contributed by atoms with Crippen LogP contribution < -0.4 is 15.8 Å². The third kappa shape index (κ3) is 4.70. The molecular weight excluding hydrogens is 347 g/mol. The number of sulfonamides is 1. The Morgan fingerprint density at radius 1 is 0.958 bits per heavy atom. The van der Waals surface area contributed by atoms with Gasteiger partial charge in [0.15, 0.2) is 0 Å². The highest BCUT2D eigenvalue weighted by Gasteiger charge is 2.30. The Labute approximate surface area is 135 Å². The number of carbonyl (C=O) groups excluding carboxylic acids is 1. The summed E-state index contributed by atoms with van der Waals surface area (Å²) >= 11 is 0. The third-order valence-corrected chi connectivity index (χ3v) is 3.82. The van der Waals surface area contributed by atoms with Crippen LogP contribution in [0.5, 0.6) is 0 Å². The lowest BCUT2D eigenvalue weighted by Gasteiger charge is -2.11. The Morgan fingerprint density at radius 2 is 1.54 bits per heavy atom. The summed E-state index contributed by atoms with van der Waals surface area (Å²) in [5.74, 6) is 0. The Balaban J connectivity index is 2.06. The van der Waals surface area contributed by atoms with Crippen molar-refractivity contribution in [2.45, 2.75) is 11.1 Å². The van der Waals surface area contributed by atoms with E-state index in [2.05, 4.69) is 10.6 Å². The van der Waals surface area contributed by atoms with Gasteiger partial charge < -0.3 is 10.6 Å². The molecule has 0 saturated carbocycles. The molecule has 0 atom stereocenters. The van der Waals surface area contributed by atoms with Crippen molar-refractivity contribution in [1.82, 2.24) is 0 Å². The summed E-state index contributed by atoms with van der Waals surface area (Å²) in [7, 11) is -3.85. The van der Waals surface area contributed by atoms with Crippen LogP contribution in [-0.2, 0) is 16.2 Å².